The molecule has 0 aliphatic rings. The molecule has 2 aromatic rings. The average Bonchev–Trinajstić information content (AvgIpc) is 2.64. The Morgan fingerprint density at radius 2 is 1.94 bits per heavy atom. The Bertz CT molecular complexity index is 568. The predicted octanol–water partition coefficient (Wildman–Crippen LogP) is 3.29. The van der Waals surface area contributed by atoms with Crippen molar-refractivity contribution in [1.82, 2.24) is 9.78 Å². The zero-order valence-corrected chi connectivity index (χ0v) is 11.4. The molecule has 0 saturated carbocycles. The van der Waals surface area contributed by atoms with Crippen LogP contribution in [0.2, 0.25) is 10.0 Å². The topological polar surface area (TPSA) is 46.9 Å². The molecule has 0 fully saturated rings. The molecule has 0 aliphatic carbocycles. The van der Waals surface area contributed by atoms with Crippen molar-refractivity contribution in [2.24, 2.45) is 7.05 Å². The molecule has 1 N–H and O–H groups in total. The monoisotopic (exact) mass is 283 g/mol. The minimum atomic E-state index is -0.339. The minimum absolute atomic E-state index is 0.325. The Balaban J connectivity index is 2.27. The molecule has 0 aliphatic heterocycles. The van der Waals surface area contributed by atoms with Crippen LogP contribution < -0.4 is 5.32 Å². The van der Waals surface area contributed by atoms with Crippen LogP contribution in [0.3, 0.4) is 0 Å². The lowest BCUT2D eigenvalue weighted by atomic mass is 10.3. The number of aryl methyl sites for hydroxylation is 2. The van der Waals surface area contributed by atoms with Crippen molar-refractivity contribution in [3.63, 3.8) is 0 Å². The highest BCUT2D eigenvalue weighted by molar-refractivity contribution is 6.39. The van der Waals surface area contributed by atoms with Crippen LogP contribution in [0.5, 0.6) is 0 Å². The fourth-order valence-electron chi connectivity index (χ4n) is 1.47. The number of nitrogens with one attached hydrogen (secondary N) is 1. The summed E-state index contributed by atoms with van der Waals surface area (Å²) in [5, 5.41) is 7.53. The van der Waals surface area contributed by atoms with Crippen LogP contribution in [0.25, 0.3) is 0 Å². The van der Waals surface area contributed by atoms with Crippen molar-refractivity contribution in [2.45, 2.75) is 6.92 Å². The lowest BCUT2D eigenvalue weighted by Crippen LogP contribution is -2.13. The van der Waals surface area contributed by atoms with Gasteiger partial charge in [-0.05, 0) is 25.1 Å². The summed E-state index contributed by atoms with van der Waals surface area (Å²) < 4.78 is 1.63. The third-order valence-corrected chi connectivity index (χ3v) is 3.18. The number of carbonyl (C=O) groups is 1. The van der Waals surface area contributed by atoms with Crippen molar-refractivity contribution in [3.05, 3.63) is 45.7 Å². The number of carbonyl (C=O) groups excluding carboxylic acids is 1. The van der Waals surface area contributed by atoms with Gasteiger partial charge in [-0.1, -0.05) is 29.3 Å². The zero-order chi connectivity index (χ0) is 13.3. The van der Waals surface area contributed by atoms with E-state index in [0.29, 0.717) is 21.4 Å². The highest BCUT2D eigenvalue weighted by atomic mass is 35.5. The number of benzene rings is 1. The van der Waals surface area contributed by atoms with Crippen molar-refractivity contribution >= 4 is 34.8 Å². The van der Waals surface area contributed by atoms with Gasteiger partial charge in [0, 0.05) is 12.7 Å². The maximum absolute atomic E-state index is 12.0. The van der Waals surface area contributed by atoms with Gasteiger partial charge >= 0.3 is 0 Å². The summed E-state index contributed by atoms with van der Waals surface area (Å²) in [5.74, 6) is -0.339. The number of aromatic nitrogens is 2. The molecule has 0 unspecified atom stereocenters. The second-order valence-corrected chi connectivity index (χ2v) is 4.66. The summed E-state index contributed by atoms with van der Waals surface area (Å²) in [6.45, 7) is 1.87. The van der Waals surface area contributed by atoms with E-state index in [2.05, 4.69) is 10.4 Å². The molecule has 1 aromatic heterocycles. The molecule has 1 aromatic carbocycles. The minimum Gasteiger partial charge on any atom is -0.318 e. The van der Waals surface area contributed by atoms with Crippen LogP contribution in [-0.4, -0.2) is 15.7 Å². The maximum Gasteiger partial charge on any atom is 0.276 e. The van der Waals surface area contributed by atoms with E-state index in [1.54, 1.807) is 36.0 Å². The van der Waals surface area contributed by atoms with Crippen molar-refractivity contribution in [2.75, 3.05) is 5.32 Å². The molecule has 0 saturated heterocycles. The highest BCUT2D eigenvalue weighted by Gasteiger charge is 2.14. The quantitative estimate of drug-likeness (QED) is 0.919. The van der Waals surface area contributed by atoms with Crippen molar-refractivity contribution < 1.29 is 4.79 Å². The van der Waals surface area contributed by atoms with E-state index in [9.17, 15) is 4.79 Å². The van der Waals surface area contributed by atoms with Crippen LogP contribution in [0.15, 0.2) is 24.3 Å². The molecule has 4 nitrogen and oxygen atoms in total. The van der Waals surface area contributed by atoms with Gasteiger partial charge in [0.05, 0.1) is 15.7 Å². The number of amides is 1. The summed E-state index contributed by atoms with van der Waals surface area (Å²) >= 11 is 11.9. The number of nitrogens with zero attached hydrogens (tertiary/aromatic N) is 2. The molecule has 0 radical (unpaired) electrons. The van der Waals surface area contributed by atoms with E-state index in [0.717, 1.165) is 5.69 Å². The van der Waals surface area contributed by atoms with Gasteiger partial charge in [-0.2, -0.15) is 5.10 Å². The molecule has 6 heteroatoms. The van der Waals surface area contributed by atoms with E-state index in [1.165, 1.54) is 0 Å². The van der Waals surface area contributed by atoms with Crippen LogP contribution in [0.1, 0.15) is 16.2 Å². The second-order valence-electron chi connectivity index (χ2n) is 3.85. The van der Waals surface area contributed by atoms with E-state index >= 15 is 0 Å². The molecule has 0 spiro atoms. The summed E-state index contributed by atoms with van der Waals surface area (Å²) in [6, 6.07) is 6.73. The molecular weight excluding hydrogens is 273 g/mol. The summed E-state index contributed by atoms with van der Waals surface area (Å²) in [4.78, 5) is 12.0. The normalized spacial score (nSPS) is 10.4. The molecule has 1 amide bonds. The Morgan fingerprint density at radius 1 is 1.33 bits per heavy atom. The van der Waals surface area contributed by atoms with Gasteiger partial charge < -0.3 is 5.32 Å². The first-order valence-electron chi connectivity index (χ1n) is 5.25. The van der Waals surface area contributed by atoms with Gasteiger partial charge in [-0.15, -0.1) is 0 Å². The standard InChI is InChI=1S/C12H11Cl2N3O/c1-7-6-10(16-17(7)2)12(18)15-11-8(13)4-3-5-9(11)14/h3-6H,1-2H3,(H,15,18). The SMILES string of the molecule is Cc1cc(C(=O)Nc2c(Cl)cccc2Cl)nn1C. The van der Waals surface area contributed by atoms with Gasteiger partial charge in [0.2, 0.25) is 0 Å². The number of hydrogen-bond acceptors (Lipinski definition) is 2. The Hall–Kier alpha value is -1.52. The fraction of sp³-hybridized carbons (Fsp3) is 0.167. The first-order valence-corrected chi connectivity index (χ1v) is 6.00. The third-order valence-electron chi connectivity index (χ3n) is 2.55. The lowest BCUT2D eigenvalue weighted by Gasteiger charge is -2.07. The fourth-order valence-corrected chi connectivity index (χ4v) is 1.96. The van der Waals surface area contributed by atoms with E-state index < -0.39 is 0 Å². The van der Waals surface area contributed by atoms with E-state index in [4.69, 9.17) is 23.2 Å². The summed E-state index contributed by atoms with van der Waals surface area (Å²) in [5.41, 5.74) is 1.62. The largest absolute Gasteiger partial charge is 0.318 e. The Kier molecular flexibility index (Phi) is 3.59. The average molecular weight is 284 g/mol. The van der Waals surface area contributed by atoms with Crippen molar-refractivity contribution in [1.29, 1.82) is 0 Å². The molecule has 0 bridgehead atoms. The molecule has 2 rings (SSSR count). The molecule has 1 heterocycles. The smallest absolute Gasteiger partial charge is 0.276 e. The van der Waals surface area contributed by atoms with Crippen LogP contribution in [-0.2, 0) is 7.05 Å². The highest BCUT2D eigenvalue weighted by Crippen LogP contribution is 2.30. The molecule has 0 atom stereocenters. The van der Waals surface area contributed by atoms with Gasteiger partial charge in [0.15, 0.2) is 5.69 Å². The van der Waals surface area contributed by atoms with Crippen molar-refractivity contribution in [3.8, 4) is 0 Å². The number of para-hydroxylation sites is 1. The molecule has 18 heavy (non-hydrogen) atoms. The summed E-state index contributed by atoms with van der Waals surface area (Å²) in [7, 11) is 1.77. The maximum atomic E-state index is 12.0. The Morgan fingerprint density at radius 3 is 2.44 bits per heavy atom. The number of anilines is 1. The van der Waals surface area contributed by atoms with Gasteiger partial charge in [-0.25, -0.2) is 0 Å². The number of rotatable bonds is 2. The van der Waals surface area contributed by atoms with Gasteiger partial charge in [0.1, 0.15) is 0 Å². The number of hydrogen-bond donors (Lipinski definition) is 1. The zero-order valence-electron chi connectivity index (χ0n) is 9.87. The van der Waals surface area contributed by atoms with Crippen LogP contribution >= 0.6 is 23.2 Å². The third kappa shape index (κ3) is 2.49. The first-order chi connectivity index (χ1) is 8.49. The lowest BCUT2D eigenvalue weighted by molar-refractivity contribution is 0.102. The van der Waals surface area contributed by atoms with E-state index in [-0.39, 0.29) is 5.91 Å². The second kappa shape index (κ2) is 5.00. The van der Waals surface area contributed by atoms with Gasteiger partial charge in [0.25, 0.3) is 5.91 Å². The summed E-state index contributed by atoms with van der Waals surface area (Å²) in [6.07, 6.45) is 0. The van der Waals surface area contributed by atoms with Gasteiger partial charge in [-0.3, -0.25) is 9.48 Å². The molecular formula is C12H11Cl2N3O. The Labute approximate surface area is 115 Å². The van der Waals surface area contributed by atoms with Crippen LogP contribution in [0.4, 0.5) is 5.69 Å². The number of halogens is 2. The first kappa shape index (κ1) is 12.9. The predicted molar refractivity (Wildman–Crippen MR) is 72.4 cm³/mol. The van der Waals surface area contributed by atoms with E-state index in [1.807, 2.05) is 6.92 Å². The molecule has 94 valence electrons. The van der Waals surface area contributed by atoms with Crippen LogP contribution in [0, 0.1) is 6.92 Å².